The molecule has 0 atom stereocenters. The van der Waals surface area contributed by atoms with E-state index in [-0.39, 0.29) is 0 Å². The summed E-state index contributed by atoms with van der Waals surface area (Å²) in [6.07, 6.45) is 0. The van der Waals surface area contributed by atoms with Crippen molar-refractivity contribution in [1.29, 1.82) is 0 Å². The highest BCUT2D eigenvalue weighted by Crippen LogP contribution is 2.42. The van der Waals surface area contributed by atoms with Gasteiger partial charge in [0.2, 0.25) is 0 Å². The molecule has 0 bridgehead atoms. The van der Waals surface area contributed by atoms with E-state index >= 15 is 0 Å². The topological polar surface area (TPSA) is 21.3 Å². The second kappa shape index (κ2) is 13.1. The van der Waals surface area contributed by atoms with Gasteiger partial charge in [-0.1, -0.05) is 115 Å². The molecule has 3 heterocycles. The number of anilines is 3. The van der Waals surface area contributed by atoms with Gasteiger partial charge in [0.25, 0.3) is 0 Å². The van der Waals surface area contributed by atoms with Crippen molar-refractivity contribution in [3.8, 4) is 27.9 Å². The van der Waals surface area contributed by atoms with Gasteiger partial charge in [0.1, 0.15) is 11.2 Å². The van der Waals surface area contributed by atoms with E-state index in [0.29, 0.717) is 0 Å². The number of thiophene rings is 1. The highest BCUT2D eigenvalue weighted by atomic mass is 32.1. The average Bonchev–Trinajstić information content (AvgIpc) is 3.95. The molecule has 12 aromatic rings. The van der Waals surface area contributed by atoms with Crippen LogP contribution in [0.2, 0.25) is 0 Å². The first-order valence-corrected chi connectivity index (χ1v) is 20.5. The number of nitrogens with zero attached hydrogens (tertiary/aromatic N) is 2. The highest BCUT2D eigenvalue weighted by molar-refractivity contribution is 7.25. The second-order valence-electron chi connectivity index (χ2n) is 14.9. The number of para-hydroxylation sites is 2. The lowest BCUT2D eigenvalue weighted by atomic mass is 10.0. The van der Waals surface area contributed by atoms with E-state index in [2.05, 4.69) is 204 Å². The number of furan rings is 1. The number of hydrogen-bond acceptors (Lipinski definition) is 3. The molecule has 272 valence electrons. The minimum absolute atomic E-state index is 0.895. The van der Waals surface area contributed by atoms with Crippen LogP contribution in [0.5, 0.6) is 0 Å². The molecular formula is C54H34N2OS. The minimum atomic E-state index is 0.895. The summed E-state index contributed by atoms with van der Waals surface area (Å²) in [6.45, 7) is 0. The Morgan fingerprint density at radius 1 is 0.345 bits per heavy atom. The van der Waals surface area contributed by atoms with Crippen molar-refractivity contribution in [2.24, 2.45) is 0 Å². The number of rotatable bonds is 6. The lowest BCUT2D eigenvalue weighted by Gasteiger charge is -2.26. The summed E-state index contributed by atoms with van der Waals surface area (Å²) in [7, 11) is 0. The van der Waals surface area contributed by atoms with E-state index in [1.54, 1.807) is 0 Å². The molecule has 0 amide bonds. The molecule has 0 spiro atoms. The summed E-state index contributed by atoms with van der Waals surface area (Å²) in [5, 5.41) is 7.35. The lowest BCUT2D eigenvalue weighted by molar-refractivity contribution is 0.669. The van der Waals surface area contributed by atoms with Crippen molar-refractivity contribution in [3.63, 3.8) is 0 Å². The quantitative estimate of drug-likeness (QED) is 0.168. The van der Waals surface area contributed by atoms with Gasteiger partial charge in [-0.3, -0.25) is 0 Å². The molecule has 0 unspecified atom stereocenters. The summed E-state index contributed by atoms with van der Waals surface area (Å²) in [6, 6.07) is 74.5. The van der Waals surface area contributed by atoms with Crippen LogP contribution in [0.4, 0.5) is 17.1 Å². The molecule has 0 radical (unpaired) electrons. The van der Waals surface area contributed by atoms with Gasteiger partial charge in [-0.25, -0.2) is 0 Å². The van der Waals surface area contributed by atoms with Crippen LogP contribution in [0.25, 0.3) is 91.9 Å². The van der Waals surface area contributed by atoms with Crippen LogP contribution in [0, 0.1) is 0 Å². The summed E-state index contributed by atoms with van der Waals surface area (Å²) in [5.41, 5.74) is 13.3. The van der Waals surface area contributed by atoms with Gasteiger partial charge >= 0.3 is 0 Å². The third-order valence-corrected chi connectivity index (χ3v) is 12.8. The van der Waals surface area contributed by atoms with E-state index in [4.69, 9.17) is 4.42 Å². The van der Waals surface area contributed by atoms with E-state index in [0.717, 1.165) is 50.2 Å². The summed E-state index contributed by atoms with van der Waals surface area (Å²) in [5.74, 6) is 0. The Kier molecular flexibility index (Phi) is 7.40. The Bertz CT molecular complexity index is 3480. The third kappa shape index (κ3) is 5.27. The number of hydrogen-bond donors (Lipinski definition) is 0. The van der Waals surface area contributed by atoms with Crippen LogP contribution in [0.15, 0.2) is 211 Å². The standard InChI is InChI=1S/C54H34N2OS/c1-2-10-35(11-3-1)36-18-23-39(24-19-36)55(40-25-20-37(21-26-40)38-22-31-54-48(32-38)45-14-6-9-17-53(45)58-54)41-27-29-42(30-28-41)56-49-15-7-4-12-43(49)46-33-47-44-13-5-8-16-51(44)57-52(47)34-50(46)56/h1-34H. The molecule has 12 rings (SSSR count). The molecule has 0 saturated heterocycles. The fourth-order valence-electron chi connectivity index (χ4n) is 8.81. The normalized spacial score (nSPS) is 11.8. The van der Waals surface area contributed by atoms with E-state index in [1.807, 2.05) is 23.5 Å². The zero-order valence-corrected chi connectivity index (χ0v) is 32.2. The maximum absolute atomic E-state index is 6.38. The van der Waals surface area contributed by atoms with Crippen LogP contribution >= 0.6 is 11.3 Å². The first-order valence-electron chi connectivity index (χ1n) is 19.7. The van der Waals surface area contributed by atoms with Crippen LogP contribution < -0.4 is 4.90 Å². The molecule has 3 nitrogen and oxygen atoms in total. The SMILES string of the molecule is c1ccc(-c2ccc(N(c3ccc(-c4ccc5sc6ccccc6c5c4)cc3)c3ccc(-n4c5ccccc5c5cc6c(cc54)oc4ccccc46)cc3)cc2)cc1. The monoisotopic (exact) mass is 758 g/mol. The lowest BCUT2D eigenvalue weighted by Crippen LogP contribution is -2.10. The Balaban J connectivity index is 0.963. The zero-order valence-electron chi connectivity index (χ0n) is 31.3. The van der Waals surface area contributed by atoms with Crippen molar-refractivity contribution in [2.75, 3.05) is 4.90 Å². The Labute approximate surface area is 338 Å². The second-order valence-corrected chi connectivity index (χ2v) is 16.0. The van der Waals surface area contributed by atoms with Crippen LogP contribution in [0.3, 0.4) is 0 Å². The molecule has 0 saturated carbocycles. The van der Waals surface area contributed by atoms with Gasteiger partial charge in [-0.05, 0) is 107 Å². The number of benzene rings is 9. The van der Waals surface area contributed by atoms with E-state index in [1.165, 1.54) is 58.7 Å². The fourth-order valence-corrected chi connectivity index (χ4v) is 9.89. The van der Waals surface area contributed by atoms with E-state index < -0.39 is 0 Å². The van der Waals surface area contributed by atoms with Gasteiger partial charge in [-0.2, -0.15) is 0 Å². The first kappa shape index (κ1) is 32.8. The van der Waals surface area contributed by atoms with Crippen LogP contribution in [-0.4, -0.2) is 4.57 Å². The van der Waals surface area contributed by atoms with Crippen molar-refractivity contribution >= 4 is 92.3 Å². The maximum Gasteiger partial charge on any atom is 0.137 e. The molecule has 58 heavy (non-hydrogen) atoms. The zero-order chi connectivity index (χ0) is 38.2. The first-order chi connectivity index (χ1) is 28.7. The summed E-state index contributed by atoms with van der Waals surface area (Å²) < 4.78 is 11.4. The predicted molar refractivity (Wildman–Crippen MR) is 247 cm³/mol. The molecule has 4 heteroatoms. The Morgan fingerprint density at radius 2 is 0.914 bits per heavy atom. The van der Waals surface area contributed by atoms with Crippen molar-refractivity contribution in [1.82, 2.24) is 4.57 Å². The van der Waals surface area contributed by atoms with Gasteiger partial charge in [-0.15, -0.1) is 11.3 Å². The van der Waals surface area contributed by atoms with E-state index in [9.17, 15) is 0 Å². The molecule has 3 aromatic heterocycles. The molecule has 0 N–H and O–H groups in total. The Hall–Kier alpha value is -7.40. The van der Waals surface area contributed by atoms with Crippen molar-refractivity contribution < 1.29 is 4.42 Å². The molecule has 0 aliphatic heterocycles. The number of fused-ring (bicyclic) bond motifs is 9. The molecule has 0 aliphatic rings. The summed E-state index contributed by atoms with van der Waals surface area (Å²) in [4.78, 5) is 2.35. The third-order valence-electron chi connectivity index (χ3n) is 11.6. The van der Waals surface area contributed by atoms with Gasteiger partial charge in [0.05, 0.1) is 11.0 Å². The van der Waals surface area contributed by atoms with Gasteiger partial charge in [0.15, 0.2) is 0 Å². The fraction of sp³-hybridized carbons (Fsp3) is 0. The average molecular weight is 759 g/mol. The molecule has 0 fully saturated rings. The smallest absolute Gasteiger partial charge is 0.137 e. The minimum Gasteiger partial charge on any atom is -0.456 e. The van der Waals surface area contributed by atoms with Crippen LogP contribution in [0.1, 0.15) is 0 Å². The largest absolute Gasteiger partial charge is 0.456 e. The van der Waals surface area contributed by atoms with Gasteiger partial charge in [0, 0.05) is 70.5 Å². The summed E-state index contributed by atoms with van der Waals surface area (Å²) >= 11 is 1.86. The molecular weight excluding hydrogens is 725 g/mol. The van der Waals surface area contributed by atoms with Crippen molar-refractivity contribution in [3.05, 3.63) is 206 Å². The number of aromatic nitrogens is 1. The van der Waals surface area contributed by atoms with Crippen LogP contribution in [-0.2, 0) is 0 Å². The highest BCUT2D eigenvalue weighted by Gasteiger charge is 2.18. The van der Waals surface area contributed by atoms with Gasteiger partial charge < -0.3 is 13.9 Å². The predicted octanol–water partition coefficient (Wildman–Crippen LogP) is 15.9. The maximum atomic E-state index is 6.38. The van der Waals surface area contributed by atoms with Crippen molar-refractivity contribution in [2.45, 2.75) is 0 Å². The Morgan fingerprint density at radius 3 is 1.67 bits per heavy atom. The molecule has 0 aliphatic carbocycles. The molecule has 9 aromatic carbocycles.